The van der Waals surface area contributed by atoms with Crippen molar-refractivity contribution in [2.45, 2.75) is 24.3 Å². The lowest BCUT2D eigenvalue weighted by Crippen LogP contribution is -2.25. The predicted molar refractivity (Wildman–Crippen MR) is 90.5 cm³/mol. The van der Waals surface area contributed by atoms with Crippen LogP contribution in [0.15, 0.2) is 41.4 Å². The zero-order chi connectivity index (χ0) is 17.0. The Morgan fingerprint density at radius 1 is 1.17 bits per heavy atom. The molecular formula is C16H20N4O3S. The molecule has 0 spiro atoms. The van der Waals surface area contributed by atoms with E-state index in [4.69, 9.17) is 4.74 Å². The quantitative estimate of drug-likeness (QED) is 0.853. The number of anilines is 1. The maximum Gasteiger partial charge on any atom is 0.240 e. The minimum Gasteiger partial charge on any atom is -0.497 e. The van der Waals surface area contributed by atoms with Crippen LogP contribution < -0.4 is 14.4 Å². The highest BCUT2D eigenvalue weighted by Gasteiger charge is 2.17. The number of ether oxygens (including phenoxy) is 1. The summed E-state index contributed by atoms with van der Waals surface area (Å²) in [6.07, 6.45) is 3.94. The summed E-state index contributed by atoms with van der Waals surface area (Å²) in [5.41, 5.74) is 0.643. The summed E-state index contributed by atoms with van der Waals surface area (Å²) in [6.45, 7) is 2.01. The molecule has 8 heteroatoms. The van der Waals surface area contributed by atoms with Crippen molar-refractivity contribution >= 4 is 16.0 Å². The van der Waals surface area contributed by atoms with Crippen molar-refractivity contribution in [1.29, 1.82) is 0 Å². The van der Waals surface area contributed by atoms with Crippen LogP contribution in [-0.2, 0) is 16.6 Å². The van der Waals surface area contributed by atoms with Crippen molar-refractivity contribution in [2.75, 3.05) is 25.1 Å². The molecule has 128 valence electrons. The van der Waals surface area contributed by atoms with Gasteiger partial charge < -0.3 is 9.64 Å². The molecule has 0 aliphatic carbocycles. The Hall–Kier alpha value is -2.19. The normalized spacial score (nSPS) is 14.8. The van der Waals surface area contributed by atoms with E-state index in [1.165, 1.54) is 19.2 Å². The zero-order valence-electron chi connectivity index (χ0n) is 13.5. The summed E-state index contributed by atoms with van der Waals surface area (Å²) in [5, 5.41) is 0. The Labute approximate surface area is 141 Å². The van der Waals surface area contributed by atoms with Crippen LogP contribution in [0.4, 0.5) is 5.95 Å². The number of nitrogens with one attached hydrogen (secondary N) is 1. The van der Waals surface area contributed by atoms with Crippen molar-refractivity contribution in [3.8, 4) is 5.75 Å². The van der Waals surface area contributed by atoms with Gasteiger partial charge in [-0.05, 0) is 43.2 Å². The molecule has 1 aromatic carbocycles. The third kappa shape index (κ3) is 3.82. The van der Waals surface area contributed by atoms with Gasteiger partial charge >= 0.3 is 0 Å². The lowest BCUT2D eigenvalue weighted by molar-refractivity contribution is 0.414. The molecule has 0 bridgehead atoms. The molecule has 3 rings (SSSR count). The van der Waals surface area contributed by atoms with Crippen LogP contribution in [0.5, 0.6) is 5.75 Å². The van der Waals surface area contributed by atoms with Gasteiger partial charge in [0.25, 0.3) is 0 Å². The SMILES string of the molecule is COc1ccc(S(=O)(=O)NCc2ccnc(N3CCCC3)n2)cc1. The molecule has 0 amide bonds. The van der Waals surface area contributed by atoms with Gasteiger partial charge in [0.05, 0.1) is 24.2 Å². The molecular weight excluding hydrogens is 328 g/mol. The van der Waals surface area contributed by atoms with E-state index in [-0.39, 0.29) is 11.4 Å². The van der Waals surface area contributed by atoms with Gasteiger partial charge in [-0.1, -0.05) is 0 Å². The van der Waals surface area contributed by atoms with Crippen LogP contribution in [0.2, 0.25) is 0 Å². The first kappa shape index (κ1) is 16.7. The van der Waals surface area contributed by atoms with E-state index in [0.29, 0.717) is 17.4 Å². The third-order valence-corrected chi connectivity index (χ3v) is 5.32. The lowest BCUT2D eigenvalue weighted by atomic mass is 10.3. The third-order valence-electron chi connectivity index (χ3n) is 3.90. The maximum absolute atomic E-state index is 12.3. The van der Waals surface area contributed by atoms with Crippen LogP contribution >= 0.6 is 0 Å². The summed E-state index contributed by atoms with van der Waals surface area (Å²) >= 11 is 0. The second-order valence-electron chi connectivity index (χ2n) is 5.54. The minimum atomic E-state index is -3.59. The van der Waals surface area contributed by atoms with Gasteiger partial charge in [0.1, 0.15) is 5.75 Å². The van der Waals surface area contributed by atoms with Gasteiger partial charge in [-0.15, -0.1) is 0 Å². The van der Waals surface area contributed by atoms with Gasteiger partial charge in [-0.25, -0.2) is 23.1 Å². The predicted octanol–water partition coefficient (Wildman–Crippen LogP) is 1.56. The highest BCUT2D eigenvalue weighted by Crippen LogP contribution is 2.17. The summed E-state index contributed by atoms with van der Waals surface area (Å²) in [6, 6.07) is 7.97. The van der Waals surface area contributed by atoms with E-state index < -0.39 is 10.0 Å². The van der Waals surface area contributed by atoms with Crippen LogP contribution in [0.1, 0.15) is 18.5 Å². The molecule has 1 aromatic heterocycles. The highest BCUT2D eigenvalue weighted by molar-refractivity contribution is 7.89. The Kier molecular flexibility index (Phi) is 4.96. The monoisotopic (exact) mass is 348 g/mol. The number of hydrogen-bond donors (Lipinski definition) is 1. The summed E-state index contributed by atoms with van der Waals surface area (Å²) in [7, 11) is -2.06. The molecule has 1 fully saturated rings. The van der Waals surface area contributed by atoms with E-state index in [2.05, 4.69) is 19.6 Å². The highest BCUT2D eigenvalue weighted by atomic mass is 32.2. The molecule has 1 aliphatic heterocycles. The molecule has 0 saturated carbocycles. The first-order valence-corrected chi connectivity index (χ1v) is 9.27. The summed E-state index contributed by atoms with van der Waals surface area (Å²) < 4.78 is 32.3. The van der Waals surface area contributed by atoms with Crippen molar-refractivity contribution in [1.82, 2.24) is 14.7 Å². The van der Waals surface area contributed by atoms with Gasteiger partial charge in [-0.3, -0.25) is 0 Å². The van der Waals surface area contributed by atoms with Crippen LogP contribution in [0.25, 0.3) is 0 Å². The van der Waals surface area contributed by atoms with Gasteiger partial charge in [-0.2, -0.15) is 0 Å². The molecule has 1 saturated heterocycles. The summed E-state index contributed by atoms with van der Waals surface area (Å²) in [5.74, 6) is 1.27. The second-order valence-corrected chi connectivity index (χ2v) is 7.31. The Balaban J connectivity index is 1.68. The van der Waals surface area contributed by atoms with Crippen molar-refractivity contribution in [3.63, 3.8) is 0 Å². The first-order valence-electron chi connectivity index (χ1n) is 7.79. The topological polar surface area (TPSA) is 84.4 Å². The second kappa shape index (κ2) is 7.14. The minimum absolute atomic E-state index is 0.123. The Morgan fingerprint density at radius 2 is 1.88 bits per heavy atom. The van der Waals surface area contributed by atoms with Crippen molar-refractivity contribution in [2.24, 2.45) is 0 Å². The molecule has 2 heterocycles. The number of nitrogens with zero attached hydrogens (tertiary/aromatic N) is 3. The number of aromatic nitrogens is 2. The van der Waals surface area contributed by atoms with E-state index >= 15 is 0 Å². The van der Waals surface area contributed by atoms with E-state index in [9.17, 15) is 8.42 Å². The average Bonchev–Trinajstić information content (AvgIpc) is 3.15. The van der Waals surface area contributed by atoms with E-state index in [1.807, 2.05) is 0 Å². The van der Waals surface area contributed by atoms with E-state index in [1.54, 1.807) is 24.4 Å². The standard InChI is InChI=1S/C16H20N4O3S/c1-23-14-4-6-15(7-5-14)24(21,22)18-12-13-8-9-17-16(19-13)20-10-2-3-11-20/h4-9,18H,2-3,10-12H2,1H3. The number of hydrogen-bond acceptors (Lipinski definition) is 6. The fourth-order valence-corrected chi connectivity index (χ4v) is 3.56. The van der Waals surface area contributed by atoms with Crippen LogP contribution in [0.3, 0.4) is 0 Å². The van der Waals surface area contributed by atoms with Gasteiger partial charge in [0.15, 0.2) is 0 Å². The van der Waals surface area contributed by atoms with Crippen LogP contribution in [0, 0.1) is 0 Å². The number of benzene rings is 1. The number of methoxy groups -OCH3 is 1. The molecule has 2 aromatic rings. The Bertz CT molecular complexity index is 787. The van der Waals surface area contributed by atoms with Crippen molar-refractivity contribution in [3.05, 3.63) is 42.2 Å². The first-order chi connectivity index (χ1) is 11.6. The fraction of sp³-hybridized carbons (Fsp3) is 0.375. The molecule has 1 N–H and O–H groups in total. The van der Waals surface area contributed by atoms with Gasteiger partial charge in [0, 0.05) is 19.3 Å². The van der Waals surface area contributed by atoms with Crippen LogP contribution in [-0.4, -0.2) is 38.6 Å². The maximum atomic E-state index is 12.3. The van der Waals surface area contributed by atoms with E-state index in [0.717, 1.165) is 25.9 Å². The average molecular weight is 348 g/mol. The number of rotatable bonds is 6. The zero-order valence-corrected chi connectivity index (χ0v) is 14.3. The molecule has 1 aliphatic rings. The lowest BCUT2D eigenvalue weighted by Gasteiger charge is -2.15. The smallest absolute Gasteiger partial charge is 0.240 e. The molecule has 7 nitrogen and oxygen atoms in total. The molecule has 24 heavy (non-hydrogen) atoms. The molecule has 0 atom stereocenters. The molecule has 0 radical (unpaired) electrons. The summed E-state index contributed by atoms with van der Waals surface area (Å²) in [4.78, 5) is 11.0. The largest absolute Gasteiger partial charge is 0.497 e. The number of sulfonamides is 1. The Morgan fingerprint density at radius 3 is 2.54 bits per heavy atom. The van der Waals surface area contributed by atoms with Crippen molar-refractivity contribution < 1.29 is 13.2 Å². The molecule has 0 unspecified atom stereocenters. The van der Waals surface area contributed by atoms with Gasteiger partial charge in [0.2, 0.25) is 16.0 Å². The fourth-order valence-electron chi connectivity index (χ4n) is 2.56.